The van der Waals surface area contributed by atoms with E-state index >= 15 is 0 Å². The van der Waals surface area contributed by atoms with E-state index < -0.39 is 4.92 Å². The van der Waals surface area contributed by atoms with Crippen molar-refractivity contribution in [2.24, 2.45) is 5.73 Å². The lowest BCUT2D eigenvalue weighted by Crippen LogP contribution is -2.51. The molecule has 20 heavy (non-hydrogen) atoms. The summed E-state index contributed by atoms with van der Waals surface area (Å²) in [4.78, 5) is 24.4. The van der Waals surface area contributed by atoms with E-state index in [1.165, 1.54) is 6.07 Å². The molecule has 2 heterocycles. The number of piperidine rings is 1. The molecule has 1 saturated heterocycles. The van der Waals surface area contributed by atoms with Crippen LogP contribution in [0.15, 0.2) is 11.4 Å². The fourth-order valence-corrected chi connectivity index (χ4v) is 3.15. The Morgan fingerprint density at radius 1 is 1.60 bits per heavy atom. The molecule has 0 aromatic carbocycles. The number of likely N-dealkylation sites (tertiary alicyclic amines) is 1. The van der Waals surface area contributed by atoms with Gasteiger partial charge in [0.1, 0.15) is 0 Å². The van der Waals surface area contributed by atoms with Crippen LogP contribution in [0.25, 0.3) is 0 Å². The Balaban J connectivity index is 0.00000200. The molecule has 1 aromatic heterocycles. The first-order valence-corrected chi connectivity index (χ1v) is 7.18. The first-order chi connectivity index (χ1) is 9.00. The lowest BCUT2D eigenvalue weighted by Gasteiger charge is -2.37. The summed E-state index contributed by atoms with van der Waals surface area (Å²) in [6, 6.07) is 1.29. The number of nitro groups is 1. The van der Waals surface area contributed by atoms with Crippen LogP contribution in [0.1, 0.15) is 36.5 Å². The maximum absolute atomic E-state index is 12.4. The van der Waals surface area contributed by atoms with Crippen molar-refractivity contribution in [2.75, 3.05) is 6.54 Å². The van der Waals surface area contributed by atoms with Crippen LogP contribution in [0, 0.1) is 10.1 Å². The van der Waals surface area contributed by atoms with Gasteiger partial charge < -0.3 is 10.6 Å². The minimum absolute atomic E-state index is 0. The highest BCUT2D eigenvalue weighted by atomic mass is 35.5. The molecule has 2 atom stereocenters. The molecule has 2 rings (SSSR count). The van der Waals surface area contributed by atoms with E-state index in [0.29, 0.717) is 12.1 Å². The van der Waals surface area contributed by atoms with Crippen LogP contribution in [-0.4, -0.2) is 34.4 Å². The number of carbonyl (C=O) groups is 1. The zero-order valence-corrected chi connectivity index (χ0v) is 12.8. The Bertz CT molecular complexity index is 492. The first kappa shape index (κ1) is 16.9. The van der Waals surface area contributed by atoms with Gasteiger partial charge in [-0.1, -0.05) is 11.3 Å². The number of hydrogen-bond acceptors (Lipinski definition) is 5. The van der Waals surface area contributed by atoms with Crippen molar-refractivity contribution in [3.8, 4) is 0 Å². The molecule has 1 amide bonds. The molecule has 1 aromatic rings. The van der Waals surface area contributed by atoms with E-state index in [-0.39, 0.29) is 35.4 Å². The van der Waals surface area contributed by atoms with Gasteiger partial charge >= 0.3 is 5.00 Å². The molecule has 2 N–H and O–H groups in total. The number of thiophene rings is 1. The number of amides is 1. The average Bonchev–Trinajstić information content (AvgIpc) is 2.87. The van der Waals surface area contributed by atoms with Gasteiger partial charge in [-0.2, -0.15) is 0 Å². The third-order valence-electron chi connectivity index (χ3n) is 3.43. The number of carbonyl (C=O) groups excluding carboxylic acids is 1. The zero-order valence-electron chi connectivity index (χ0n) is 11.2. The van der Waals surface area contributed by atoms with Gasteiger partial charge in [0.05, 0.1) is 10.5 Å². The van der Waals surface area contributed by atoms with Gasteiger partial charge in [0.25, 0.3) is 5.91 Å². The van der Waals surface area contributed by atoms with E-state index in [1.807, 2.05) is 6.92 Å². The second-order valence-electron chi connectivity index (χ2n) is 4.85. The van der Waals surface area contributed by atoms with Gasteiger partial charge in [0.15, 0.2) is 0 Å². The summed E-state index contributed by atoms with van der Waals surface area (Å²) < 4.78 is 0. The van der Waals surface area contributed by atoms with Crippen LogP contribution in [-0.2, 0) is 0 Å². The molecule has 0 aliphatic carbocycles. The molecule has 0 bridgehead atoms. The van der Waals surface area contributed by atoms with Gasteiger partial charge in [-0.3, -0.25) is 14.9 Å². The van der Waals surface area contributed by atoms with Crippen LogP contribution < -0.4 is 5.73 Å². The van der Waals surface area contributed by atoms with E-state index in [1.54, 1.807) is 10.3 Å². The number of rotatable bonds is 3. The molecule has 112 valence electrons. The standard InChI is InChI=1S/C12H17N3O3S.ClH/c1-8(13)10-4-2-3-5-14(10)12(16)9-6-11(15(17)18)19-7-9;/h6-8,10H,2-5,13H2,1H3;1H. The number of hydrogen-bond donors (Lipinski definition) is 1. The van der Waals surface area contributed by atoms with Crippen LogP contribution in [0.5, 0.6) is 0 Å². The lowest BCUT2D eigenvalue weighted by atomic mass is 9.96. The smallest absolute Gasteiger partial charge is 0.324 e. The van der Waals surface area contributed by atoms with E-state index in [2.05, 4.69) is 0 Å². The highest BCUT2D eigenvalue weighted by Gasteiger charge is 2.30. The van der Waals surface area contributed by atoms with Crippen LogP contribution in [0.2, 0.25) is 0 Å². The molecule has 8 heteroatoms. The predicted molar refractivity (Wildman–Crippen MR) is 80.5 cm³/mol. The fourth-order valence-electron chi connectivity index (χ4n) is 2.45. The largest absolute Gasteiger partial charge is 0.334 e. The van der Waals surface area contributed by atoms with Crippen molar-refractivity contribution in [3.63, 3.8) is 0 Å². The van der Waals surface area contributed by atoms with E-state index in [0.717, 1.165) is 30.6 Å². The average molecular weight is 320 g/mol. The maximum atomic E-state index is 12.4. The van der Waals surface area contributed by atoms with E-state index in [4.69, 9.17) is 5.73 Å². The summed E-state index contributed by atoms with van der Waals surface area (Å²) in [6.45, 7) is 2.57. The first-order valence-electron chi connectivity index (χ1n) is 6.30. The lowest BCUT2D eigenvalue weighted by molar-refractivity contribution is -0.380. The molecule has 0 radical (unpaired) electrons. The molecule has 0 spiro atoms. The second kappa shape index (κ2) is 7.01. The molecular formula is C12H18ClN3O3S. The third kappa shape index (κ3) is 3.47. The molecule has 2 unspecified atom stereocenters. The minimum Gasteiger partial charge on any atom is -0.334 e. The number of nitrogens with zero attached hydrogens (tertiary/aromatic N) is 2. The van der Waals surface area contributed by atoms with Crippen LogP contribution in [0.3, 0.4) is 0 Å². The monoisotopic (exact) mass is 319 g/mol. The summed E-state index contributed by atoms with van der Waals surface area (Å²) in [5, 5.41) is 12.2. The van der Waals surface area contributed by atoms with Gasteiger partial charge in [0.2, 0.25) is 0 Å². The molecular weight excluding hydrogens is 302 g/mol. The molecule has 1 aliphatic heterocycles. The van der Waals surface area contributed by atoms with Crippen LogP contribution in [0.4, 0.5) is 5.00 Å². The molecule has 6 nitrogen and oxygen atoms in total. The van der Waals surface area contributed by atoms with Crippen molar-refractivity contribution < 1.29 is 9.72 Å². The third-order valence-corrected chi connectivity index (χ3v) is 4.31. The zero-order chi connectivity index (χ0) is 14.0. The van der Waals surface area contributed by atoms with Crippen LogP contribution >= 0.6 is 23.7 Å². The highest BCUT2D eigenvalue weighted by Crippen LogP contribution is 2.26. The summed E-state index contributed by atoms with van der Waals surface area (Å²) in [5.41, 5.74) is 6.32. The summed E-state index contributed by atoms with van der Waals surface area (Å²) in [7, 11) is 0. The quantitative estimate of drug-likeness (QED) is 0.684. The number of halogens is 1. The van der Waals surface area contributed by atoms with E-state index in [9.17, 15) is 14.9 Å². The molecule has 0 saturated carbocycles. The van der Waals surface area contributed by atoms with Crippen molar-refractivity contribution >= 4 is 34.7 Å². The maximum Gasteiger partial charge on any atom is 0.324 e. The minimum atomic E-state index is -0.472. The topological polar surface area (TPSA) is 89.5 Å². The number of nitrogens with two attached hydrogens (primary N) is 1. The van der Waals surface area contributed by atoms with Crippen molar-refractivity contribution in [1.29, 1.82) is 0 Å². The summed E-state index contributed by atoms with van der Waals surface area (Å²) in [5.74, 6) is -0.147. The van der Waals surface area contributed by atoms with Gasteiger partial charge in [-0.25, -0.2) is 0 Å². The summed E-state index contributed by atoms with van der Waals surface area (Å²) >= 11 is 0.982. The normalized spacial score (nSPS) is 20.1. The fraction of sp³-hybridized carbons (Fsp3) is 0.583. The van der Waals surface area contributed by atoms with Crippen molar-refractivity contribution in [2.45, 2.75) is 38.3 Å². The Morgan fingerprint density at radius 3 is 2.85 bits per heavy atom. The van der Waals surface area contributed by atoms with Crippen molar-refractivity contribution in [1.82, 2.24) is 4.90 Å². The van der Waals surface area contributed by atoms with Gasteiger partial charge in [-0.05, 0) is 26.2 Å². The Kier molecular flexibility index (Phi) is 5.91. The SMILES string of the molecule is CC(N)C1CCCCN1C(=O)c1csc([N+](=O)[O-])c1.Cl. The Morgan fingerprint density at radius 2 is 2.30 bits per heavy atom. The van der Waals surface area contributed by atoms with Gasteiger partial charge in [-0.15, -0.1) is 12.4 Å². The Hall–Kier alpha value is -1.18. The molecule has 1 aliphatic rings. The van der Waals surface area contributed by atoms with Gasteiger partial charge in [0, 0.05) is 30.1 Å². The Labute approximate surface area is 127 Å². The summed E-state index contributed by atoms with van der Waals surface area (Å²) in [6.07, 6.45) is 2.93. The molecule has 1 fully saturated rings. The highest BCUT2D eigenvalue weighted by molar-refractivity contribution is 7.13. The predicted octanol–water partition coefficient (Wildman–Crippen LogP) is 2.42. The second-order valence-corrected chi connectivity index (χ2v) is 5.74. The van der Waals surface area contributed by atoms with Crippen molar-refractivity contribution in [3.05, 3.63) is 27.1 Å².